The average Bonchev–Trinajstić information content (AvgIpc) is 2.49. The molecular weight excluding hydrogens is 233 g/mol. The Balaban J connectivity index is 2.83. The van der Waals surface area contributed by atoms with Gasteiger partial charge in [-0.15, -0.1) is 11.3 Å². The van der Waals surface area contributed by atoms with E-state index in [1.54, 1.807) is 0 Å². The van der Waals surface area contributed by atoms with Crippen LogP contribution in [-0.2, 0) is 0 Å². The first-order valence-electron chi connectivity index (χ1n) is 3.74. The van der Waals surface area contributed by atoms with Crippen molar-refractivity contribution in [3.05, 3.63) is 33.9 Å². The molecule has 0 amide bonds. The zero-order chi connectivity index (χ0) is 10.3. The number of alkyl halides is 2. The first kappa shape index (κ1) is 9.80. The summed E-state index contributed by atoms with van der Waals surface area (Å²) in [6.45, 7) is 0. The summed E-state index contributed by atoms with van der Waals surface area (Å²) >= 11 is 6.65. The lowest BCUT2D eigenvalue weighted by molar-refractivity contribution is 0.153. The van der Waals surface area contributed by atoms with Gasteiger partial charge >= 0.3 is 0 Å². The molecule has 0 saturated heterocycles. The van der Waals surface area contributed by atoms with Crippen molar-refractivity contribution in [2.24, 2.45) is 0 Å². The van der Waals surface area contributed by atoms with Gasteiger partial charge in [-0.2, -0.15) is 0 Å². The molecule has 2 aromatic rings. The van der Waals surface area contributed by atoms with E-state index >= 15 is 0 Å². The van der Waals surface area contributed by atoms with E-state index in [4.69, 9.17) is 11.6 Å². The quantitative estimate of drug-likeness (QED) is 0.677. The van der Waals surface area contributed by atoms with Gasteiger partial charge in [0, 0.05) is 21.0 Å². The highest BCUT2D eigenvalue weighted by molar-refractivity contribution is 7.17. The second kappa shape index (κ2) is 3.44. The molecule has 5 heteroatoms. The van der Waals surface area contributed by atoms with Crippen molar-refractivity contribution < 1.29 is 13.2 Å². The van der Waals surface area contributed by atoms with Crippen molar-refractivity contribution in [3.8, 4) is 0 Å². The molecule has 0 fully saturated rings. The minimum absolute atomic E-state index is 0.0921. The fraction of sp³-hybridized carbons (Fsp3) is 0.111. The highest BCUT2D eigenvalue weighted by atomic mass is 35.5. The summed E-state index contributed by atoms with van der Waals surface area (Å²) in [6, 6.07) is 2.52. The standard InChI is InChI=1S/C9H4ClF3S/c10-5-2-1-4(9(12)13)8-7(5)6(11)3-14-8/h1-3,9H. The largest absolute Gasteiger partial charge is 0.265 e. The molecule has 0 bridgehead atoms. The molecule has 1 heterocycles. The Morgan fingerprint density at radius 1 is 1.29 bits per heavy atom. The van der Waals surface area contributed by atoms with Crippen LogP contribution in [-0.4, -0.2) is 0 Å². The van der Waals surface area contributed by atoms with E-state index in [1.807, 2.05) is 0 Å². The predicted molar refractivity (Wildman–Crippen MR) is 51.8 cm³/mol. The number of benzene rings is 1. The minimum atomic E-state index is -2.60. The Labute approximate surface area is 86.9 Å². The predicted octanol–water partition coefficient (Wildman–Crippen LogP) is 4.63. The lowest BCUT2D eigenvalue weighted by atomic mass is 10.1. The van der Waals surface area contributed by atoms with Crippen LogP contribution in [0.5, 0.6) is 0 Å². The lowest BCUT2D eigenvalue weighted by Crippen LogP contribution is -1.84. The zero-order valence-corrected chi connectivity index (χ0v) is 8.30. The molecule has 0 nitrogen and oxygen atoms in total. The van der Waals surface area contributed by atoms with Crippen molar-refractivity contribution >= 4 is 33.0 Å². The molecule has 2 rings (SSSR count). The summed E-state index contributed by atoms with van der Waals surface area (Å²) in [5.74, 6) is -0.544. The normalized spacial score (nSPS) is 11.5. The van der Waals surface area contributed by atoms with Gasteiger partial charge in [-0.25, -0.2) is 13.2 Å². The maximum Gasteiger partial charge on any atom is 0.265 e. The van der Waals surface area contributed by atoms with Crippen LogP contribution < -0.4 is 0 Å². The molecule has 0 aliphatic rings. The van der Waals surface area contributed by atoms with Crippen LogP contribution in [0, 0.1) is 5.82 Å². The van der Waals surface area contributed by atoms with Crippen LogP contribution in [0.1, 0.15) is 12.0 Å². The van der Waals surface area contributed by atoms with Crippen LogP contribution in [0.3, 0.4) is 0 Å². The Morgan fingerprint density at radius 3 is 2.64 bits per heavy atom. The summed E-state index contributed by atoms with van der Waals surface area (Å²) < 4.78 is 38.3. The molecule has 0 atom stereocenters. The molecule has 1 aromatic heterocycles. The monoisotopic (exact) mass is 236 g/mol. The molecule has 0 saturated carbocycles. The van der Waals surface area contributed by atoms with Gasteiger partial charge in [-0.05, 0) is 6.07 Å². The smallest absolute Gasteiger partial charge is 0.205 e. The first-order chi connectivity index (χ1) is 6.61. The van der Waals surface area contributed by atoms with Crippen LogP contribution in [0.4, 0.5) is 13.2 Å². The SMILES string of the molecule is Fc1csc2c(C(F)F)ccc(Cl)c12. The van der Waals surface area contributed by atoms with Gasteiger partial charge in [0.05, 0.1) is 5.02 Å². The summed E-state index contributed by atoms with van der Waals surface area (Å²) in [5.41, 5.74) is -0.168. The Bertz CT molecular complexity index is 478. The fourth-order valence-electron chi connectivity index (χ4n) is 1.27. The highest BCUT2D eigenvalue weighted by Crippen LogP contribution is 2.37. The van der Waals surface area contributed by atoms with E-state index in [1.165, 1.54) is 17.5 Å². The van der Waals surface area contributed by atoms with Crippen molar-refractivity contribution in [3.63, 3.8) is 0 Å². The summed E-state index contributed by atoms with van der Waals surface area (Å²) in [5, 5.41) is 1.44. The molecule has 0 aliphatic heterocycles. The summed E-state index contributed by atoms with van der Waals surface area (Å²) in [6.07, 6.45) is -2.60. The fourth-order valence-corrected chi connectivity index (χ4v) is 2.53. The average molecular weight is 237 g/mol. The maximum absolute atomic E-state index is 13.1. The molecule has 0 radical (unpaired) electrons. The van der Waals surface area contributed by atoms with Crippen LogP contribution in [0.2, 0.25) is 5.02 Å². The number of fused-ring (bicyclic) bond motifs is 1. The van der Waals surface area contributed by atoms with Crippen LogP contribution >= 0.6 is 22.9 Å². The molecule has 1 aromatic carbocycles. The molecule has 14 heavy (non-hydrogen) atoms. The lowest BCUT2D eigenvalue weighted by Gasteiger charge is -2.02. The van der Waals surface area contributed by atoms with E-state index in [-0.39, 0.29) is 20.7 Å². The van der Waals surface area contributed by atoms with E-state index in [2.05, 4.69) is 0 Å². The third-order valence-corrected chi connectivity index (χ3v) is 3.21. The van der Waals surface area contributed by atoms with E-state index < -0.39 is 12.2 Å². The van der Waals surface area contributed by atoms with Gasteiger partial charge in [-0.1, -0.05) is 17.7 Å². The Morgan fingerprint density at radius 2 is 2.00 bits per heavy atom. The molecule has 0 unspecified atom stereocenters. The number of halogens is 4. The summed E-state index contributed by atoms with van der Waals surface area (Å²) in [4.78, 5) is 0. The van der Waals surface area contributed by atoms with E-state index in [0.29, 0.717) is 0 Å². The van der Waals surface area contributed by atoms with Crippen LogP contribution in [0.15, 0.2) is 17.5 Å². The van der Waals surface area contributed by atoms with Gasteiger partial charge in [0.1, 0.15) is 5.82 Å². The van der Waals surface area contributed by atoms with Gasteiger partial charge in [0.25, 0.3) is 6.43 Å². The topological polar surface area (TPSA) is 0 Å². The minimum Gasteiger partial charge on any atom is -0.205 e. The van der Waals surface area contributed by atoms with Gasteiger partial charge < -0.3 is 0 Å². The van der Waals surface area contributed by atoms with Gasteiger partial charge in [0.2, 0.25) is 0 Å². The number of hydrogen-bond acceptors (Lipinski definition) is 1. The summed E-state index contributed by atoms with van der Waals surface area (Å²) in [7, 11) is 0. The second-order valence-corrected chi connectivity index (χ2v) is 4.01. The Hall–Kier alpha value is -0.740. The van der Waals surface area contributed by atoms with Crippen molar-refractivity contribution in [2.45, 2.75) is 6.43 Å². The molecule has 0 aliphatic carbocycles. The first-order valence-corrected chi connectivity index (χ1v) is 5.00. The molecule has 0 spiro atoms. The number of hydrogen-bond donors (Lipinski definition) is 0. The molecule has 74 valence electrons. The van der Waals surface area contributed by atoms with E-state index in [9.17, 15) is 13.2 Å². The molecular formula is C9H4ClF3S. The van der Waals surface area contributed by atoms with Crippen molar-refractivity contribution in [2.75, 3.05) is 0 Å². The van der Waals surface area contributed by atoms with Crippen LogP contribution in [0.25, 0.3) is 10.1 Å². The van der Waals surface area contributed by atoms with Gasteiger partial charge in [0.15, 0.2) is 0 Å². The number of thiophene rings is 1. The Kier molecular flexibility index (Phi) is 2.41. The molecule has 0 N–H and O–H groups in total. The van der Waals surface area contributed by atoms with Gasteiger partial charge in [-0.3, -0.25) is 0 Å². The third kappa shape index (κ3) is 1.38. The zero-order valence-electron chi connectivity index (χ0n) is 6.73. The number of rotatable bonds is 1. The van der Waals surface area contributed by atoms with Crippen molar-refractivity contribution in [1.29, 1.82) is 0 Å². The highest BCUT2D eigenvalue weighted by Gasteiger charge is 2.17. The second-order valence-electron chi connectivity index (χ2n) is 2.73. The maximum atomic E-state index is 13.1. The third-order valence-electron chi connectivity index (χ3n) is 1.89. The van der Waals surface area contributed by atoms with Crippen molar-refractivity contribution in [1.82, 2.24) is 0 Å². The van der Waals surface area contributed by atoms with E-state index in [0.717, 1.165) is 11.3 Å².